The molecule has 2 amide bonds. The van der Waals surface area contributed by atoms with Crippen LogP contribution in [0.4, 0.5) is 4.79 Å². The second kappa shape index (κ2) is 10.7. The van der Waals surface area contributed by atoms with E-state index in [9.17, 15) is 14.4 Å². The predicted molar refractivity (Wildman–Crippen MR) is 128 cm³/mol. The van der Waals surface area contributed by atoms with Gasteiger partial charge in [0, 0.05) is 31.3 Å². The van der Waals surface area contributed by atoms with Crippen molar-refractivity contribution in [3.8, 4) is 11.1 Å². The number of fused-ring (bicyclic) bond motifs is 3. The molecule has 0 aliphatic heterocycles. The number of alkyl carbamates (subject to hydrolysis) is 1. The maximum absolute atomic E-state index is 12.6. The normalized spacial score (nSPS) is 16.1. The van der Waals surface area contributed by atoms with Gasteiger partial charge in [0.1, 0.15) is 6.61 Å². The number of carboxylic acid groups (broad SMARTS) is 1. The summed E-state index contributed by atoms with van der Waals surface area (Å²) in [5.74, 6) is -0.615. The Bertz CT molecular complexity index is 1000. The van der Waals surface area contributed by atoms with Crippen LogP contribution in [0.1, 0.15) is 56.1 Å². The average Bonchev–Trinajstić information content (AvgIpc) is 3.63. The number of ether oxygens (including phenoxy) is 1. The lowest BCUT2D eigenvalue weighted by atomic mass is 9.98. The van der Waals surface area contributed by atoms with Crippen molar-refractivity contribution in [3.63, 3.8) is 0 Å². The van der Waals surface area contributed by atoms with Gasteiger partial charge in [-0.1, -0.05) is 55.5 Å². The van der Waals surface area contributed by atoms with Gasteiger partial charge < -0.3 is 20.5 Å². The summed E-state index contributed by atoms with van der Waals surface area (Å²) in [6, 6.07) is 16.1. The summed E-state index contributed by atoms with van der Waals surface area (Å²) >= 11 is 0. The van der Waals surface area contributed by atoms with Crippen LogP contribution in [0.2, 0.25) is 0 Å². The molecule has 7 heteroatoms. The summed E-state index contributed by atoms with van der Waals surface area (Å²) in [4.78, 5) is 35.8. The van der Waals surface area contributed by atoms with Gasteiger partial charge in [0.15, 0.2) is 0 Å². The molecular weight excluding hydrogens is 432 g/mol. The van der Waals surface area contributed by atoms with Crippen molar-refractivity contribution >= 4 is 18.0 Å². The molecule has 0 saturated heterocycles. The molecule has 34 heavy (non-hydrogen) atoms. The number of amides is 2. The number of carboxylic acids is 1. The predicted octanol–water partition coefficient (Wildman–Crippen LogP) is 4.31. The standard InChI is InChI=1S/C27H32N2O5/c1-17(10-13-26(31)32)15-28-25(30)14-24(18-11-12-18)29-27(33)34-16-23-21-8-4-2-6-19(21)20-7-3-5-9-22(20)23/h2-9,17-18,23-24H,10-16H2,1H3,(H,28,30)(H,29,33)(H,31,32). The van der Waals surface area contributed by atoms with E-state index < -0.39 is 12.1 Å². The van der Waals surface area contributed by atoms with E-state index in [0.717, 1.165) is 24.0 Å². The van der Waals surface area contributed by atoms with Crippen molar-refractivity contribution in [3.05, 3.63) is 59.7 Å². The van der Waals surface area contributed by atoms with Crippen molar-refractivity contribution in [1.29, 1.82) is 0 Å². The lowest BCUT2D eigenvalue weighted by molar-refractivity contribution is -0.137. The lowest BCUT2D eigenvalue weighted by Gasteiger charge is -2.20. The van der Waals surface area contributed by atoms with Gasteiger partial charge in [0.25, 0.3) is 0 Å². The van der Waals surface area contributed by atoms with E-state index in [4.69, 9.17) is 9.84 Å². The molecule has 7 nitrogen and oxygen atoms in total. The molecule has 2 aromatic rings. The van der Waals surface area contributed by atoms with E-state index in [1.165, 1.54) is 11.1 Å². The molecule has 0 radical (unpaired) electrons. The lowest BCUT2D eigenvalue weighted by Crippen LogP contribution is -2.41. The Hall–Kier alpha value is -3.35. The summed E-state index contributed by atoms with van der Waals surface area (Å²) in [6.07, 6.45) is 2.26. The van der Waals surface area contributed by atoms with E-state index in [1.54, 1.807) is 0 Å². The molecule has 2 atom stereocenters. The van der Waals surface area contributed by atoms with Crippen molar-refractivity contribution in [2.75, 3.05) is 13.2 Å². The summed E-state index contributed by atoms with van der Waals surface area (Å²) in [5, 5.41) is 14.6. The van der Waals surface area contributed by atoms with Gasteiger partial charge in [0.05, 0.1) is 0 Å². The highest BCUT2D eigenvalue weighted by Crippen LogP contribution is 2.44. The van der Waals surface area contributed by atoms with E-state index in [0.29, 0.717) is 13.0 Å². The topological polar surface area (TPSA) is 105 Å². The van der Waals surface area contributed by atoms with Crippen LogP contribution in [-0.2, 0) is 14.3 Å². The zero-order valence-corrected chi connectivity index (χ0v) is 19.5. The highest BCUT2D eigenvalue weighted by molar-refractivity contribution is 5.79. The Morgan fingerprint density at radius 1 is 1.03 bits per heavy atom. The Morgan fingerprint density at radius 2 is 1.65 bits per heavy atom. The van der Waals surface area contributed by atoms with Gasteiger partial charge in [-0.3, -0.25) is 9.59 Å². The minimum Gasteiger partial charge on any atom is -0.481 e. The zero-order valence-electron chi connectivity index (χ0n) is 19.5. The molecule has 2 aromatic carbocycles. The first-order chi connectivity index (χ1) is 16.4. The first-order valence-electron chi connectivity index (χ1n) is 12.0. The molecule has 2 aliphatic carbocycles. The maximum atomic E-state index is 12.6. The molecule has 0 bridgehead atoms. The van der Waals surface area contributed by atoms with Gasteiger partial charge in [-0.2, -0.15) is 0 Å². The maximum Gasteiger partial charge on any atom is 0.407 e. The van der Waals surface area contributed by atoms with Crippen molar-refractivity contribution in [1.82, 2.24) is 10.6 Å². The number of rotatable bonds is 11. The van der Waals surface area contributed by atoms with Gasteiger partial charge in [-0.15, -0.1) is 0 Å². The Labute approximate surface area is 199 Å². The number of aliphatic carboxylic acids is 1. The summed E-state index contributed by atoms with van der Waals surface area (Å²) < 4.78 is 5.64. The van der Waals surface area contributed by atoms with E-state index >= 15 is 0 Å². The van der Waals surface area contributed by atoms with Crippen LogP contribution in [0.5, 0.6) is 0 Å². The van der Waals surface area contributed by atoms with Crippen molar-refractivity contribution in [2.45, 2.75) is 51.0 Å². The van der Waals surface area contributed by atoms with Gasteiger partial charge >= 0.3 is 12.1 Å². The van der Waals surface area contributed by atoms with Crippen LogP contribution in [0.25, 0.3) is 11.1 Å². The van der Waals surface area contributed by atoms with E-state index in [1.807, 2.05) is 31.2 Å². The molecule has 0 heterocycles. The first kappa shape index (κ1) is 23.8. The van der Waals surface area contributed by atoms with Gasteiger partial charge in [-0.05, 0) is 53.4 Å². The fourth-order valence-electron chi connectivity index (χ4n) is 4.66. The number of hydrogen-bond donors (Lipinski definition) is 3. The third kappa shape index (κ3) is 5.95. The first-order valence-corrected chi connectivity index (χ1v) is 12.0. The Morgan fingerprint density at radius 3 is 2.24 bits per heavy atom. The Kier molecular flexibility index (Phi) is 7.50. The van der Waals surface area contributed by atoms with Crippen LogP contribution in [0.3, 0.4) is 0 Å². The molecule has 1 saturated carbocycles. The molecule has 3 N–H and O–H groups in total. The van der Waals surface area contributed by atoms with Crippen molar-refractivity contribution < 1.29 is 24.2 Å². The second-order valence-electron chi connectivity index (χ2n) is 9.46. The number of hydrogen-bond acceptors (Lipinski definition) is 4. The molecule has 1 fully saturated rings. The van der Waals surface area contributed by atoms with Crippen LogP contribution in [0.15, 0.2) is 48.5 Å². The molecule has 2 unspecified atom stereocenters. The summed E-state index contributed by atoms with van der Waals surface area (Å²) in [6.45, 7) is 2.58. The molecule has 0 aromatic heterocycles. The highest BCUT2D eigenvalue weighted by Gasteiger charge is 2.35. The third-order valence-electron chi connectivity index (χ3n) is 6.74. The van der Waals surface area contributed by atoms with Gasteiger partial charge in [-0.25, -0.2) is 4.79 Å². The molecule has 0 spiro atoms. The number of benzene rings is 2. The number of carbonyl (C=O) groups excluding carboxylic acids is 2. The van der Waals surface area contributed by atoms with Crippen LogP contribution >= 0.6 is 0 Å². The molecular formula is C27H32N2O5. The van der Waals surface area contributed by atoms with Crippen LogP contribution in [0, 0.1) is 11.8 Å². The van der Waals surface area contributed by atoms with E-state index in [2.05, 4.69) is 34.9 Å². The number of nitrogens with one attached hydrogen (secondary N) is 2. The third-order valence-corrected chi connectivity index (χ3v) is 6.74. The molecule has 4 rings (SSSR count). The Balaban J connectivity index is 1.28. The fourth-order valence-corrected chi connectivity index (χ4v) is 4.66. The SMILES string of the molecule is CC(CCC(=O)O)CNC(=O)CC(NC(=O)OCC1c2ccccc2-c2ccccc21)C1CC1. The minimum absolute atomic E-state index is 0.00638. The fraction of sp³-hybridized carbons (Fsp3) is 0.444. The molecule has 2 aliphatic rings. The monoisotopic (exact) mass is 464 g/mol. The van der Waals surface area contributed by atoms with E-state index in [-0.39, 0.29) is 49.2 Å². The largest absolute Gasteiger partial charge is 0.481 e. The molecule has 180 valence electrons. The number of carbonyl (C=O) groups is 3. The summed E-state index contributed by atoms with van der Waals surface area (Å²) in [5.41, 5.74) is 4.67. The van der Waals surface area contributed by atoms with Gasteiger partial charge in [0.2, 0.25) is 5.91 Å². The van der Waals surface area contributed by atoms with Crippen LogP contribution in [-0.4, -0.2) is 42.3 Å². The smallest absolute Gasteiger partial charge is 0.407 e. The minimum atomic E-state index is -0.834. The highest BCUT2D eigenvalue weighted by atomic mass is 16.5. The quantitative estimate of drug-likeness (QED) is 0.460. The van der Waals surface area contributed by atoms with Crippen molar-refractivity contribution in [2.24, 2.45) is 11.8 Å². The summed E-state index contributed by atoms with van der Waals surface area (Å²) in [7, 11) is 0. The average molecular weight is 465 g/mol. The second-order valence-corrected chi connectivity index (χ2v) is 9.46. The zero-order chi connectivity index (χ0) is 24.1. The van der Waals surface area contributed by atoms with Crippen LogP contribution < -0.4 is 10.6 Å².